The van der Waals surface area contributed by atoms with E-state index in [-0.39, 0.29) is 6.04 Å². The number of pyridine rings is 1. The van der Waals surface area contributed by atoms with Crippen LogP contribution in [0, 0.1) is 0 Å². The van der Waals surface area contributed by atoms with E-state index in [4.69, 9.17) is 0 Å². The Morgan fingerprint density at radius 1 is 1.47 bits per heavy atom. The molecule has 0 bridgehead atoms. The van der Waals surface area contributed by atoms with Crippen molar-refractivity contribution in [2.45, 2.75) is 19.5 Å². The summed E-state index contributed by atoms with van der Waals surface area (Å²) in [6.07, 6.45) is 5.31. The van der Waals surface area contributed by atoms with Crippen LogP contribution in [0.2, 0.25) is 0 Å². The summed E-state index contributed by atoms with van der Waals surface area (Å²) in [4.78, 5) is 11.3. The van der Waals surface area contributed by atoms with Crippen LogP contribution in [0.15, 0.2) is 36.9 Å². The number of hydrogen-bond acceptors (Lipinski definition) is 3. The zero-order valence-corrected chi connectivity index (χ0v) is 8.64. The maximum atomic E-state index is 4.29. The summed E-state index contributed by atoms with van der Waals surface area (Å²) in [5.41, 5.74) is 2.13. The van der Waals surface area contributed by atoms with Crippen molar-refractivity contribution in [3.63, 3.8) is 0 Å². The Morgan fingerprint density at radius 3 is 3.07 bits per heavy atom. The molecule has 15 heavy (non-hydrogen) atoms. The minimum Gasteiger partial charge on any atom is -0.347 e. The van der Waals surface area contributed by atoms with Crippen LogP contribution < -0.4 is 5.32 Å². The number of aromatic nitrogens is 3. The summed E-state index contributed by atoms with van der Waals surface area (Å²) >= 11 is 0. The molecular weight excluding hydrogens is 188 g/mol. The van der Waals surface area contributed by atoms with Crippen LogP contribution in [0.1, 0.15) is 24.4 Å². The first-order valence-corrected chi connectivity index (χ1v) is 4.98. The highest BCUT2D eigenvalue weighted by atomic mass is 15.0. The average molecular weight is 202 g/mol. The number of hydrogen-bond donors (Lipinski definition) is 2. The quantitative estimate of drug-likeness (QED) is 0.792. The van der Waals surface area contributed by atoms with Crippen molar-refractivity contribution in [1.29, 1.82) is 0 Å². The van der Waals surface area contributed by atoms with Crippen molar-refractivity contribution >= 4 is 0 Å². The van der Waals surface area contributed by atoms with Crippen molar-refractivity contribution < 1.29 is 0 Å². The van der Waals surface area contributed by atoms with E-state index in [1.807, 2.05) is 30.6 Å². The third kappa shape index (κ3) is 2.63. The van der Waals surface area contributed by atoms with Gasteiger partial charge in [-0.05, 0) is 19.1 Å². The zero-order chi connectivity index (χ0) is 10.5. The third-order valence-electron chi connectivity index (χ3n) is 2.28. The fourth-order valence-corrected chi connectivity index (χ4v) is 1.38. The molecule has 1 atom stereocenters. The summed E-state index contributed by atoms with van der Waals surface area (Å²) in [6, 6.07) is 6.18. The average Bonchev–Trinajstić information content (AvgIpc) is 2.80. The molecule has 2 heterocycles. The summed E-state index contributed by atoms with van der Waals surface area (Å²) in [5, 5.41) is 3.37. The van der Waals surface area contributed by atoms with Gasteiger partial charge in [-0.25, -0.2) is 4.98 Å². The van der Waals surface area contributed by atoms with Crippen LogP contribution in [0.4, 0.5) is 0 Å². The van der Waals surface area contributed by atoms with Crippen LogP contribution in [0.3, 0.4) is 0 Å². The summed E-state index contributed by atoms with van der Waals surface area (Å²) in [7, 11) is 0. The predicted molar refractivity (Wildman–Crippen MR) is 58.1 cm³/mol. The van der Waals surface area contributed by atoms with Gasteiger partial charge in [0.05, 0.1) is 12.0 Å². The molecule has 0 aromatic carbocycles. The molecular formula is C11H14N4. The lowest BCUT2D eigenvalue weighted by Gasteiger charge is -2.11. The molecule has 0 aliphatic carbocycles. The zero-order valence-electron chi connectivity index (χ0n) is 8.64. The van der Waals surface area contributed by atoms with Gasteiger partial charge in [0, 0.05) is 30.7 Å². The Kier molecular flexibility index (Phi) is 3.09. The highest BCUT2D eigenvalue weighted by Gasteiger charge is 2.05. The molecule has 0 saturated carbocycles. The first kappa shape index (κ1) is 9.86. The summed E-state index contributed by atoms with van der Waals surface area (Å²) in [5.74, 6) is 0. The maximum Gasteiger partial charge on any atom is 0.0922 e. The molecule has 1 unspecified atom stereocenters. The molecule has 0 radical (unpaired) electrons. The number of rotatable bonds is 4. The van der Waals surface area contributed by atoms with Gasteiger partial charge in [0.1, 0.15) is 0 Å². The van der Waals surface area contributed by atoms with Gasteiger partial charge in [-0.3, -0.25) is 4.98 Å². The lowest BCUT2D eigenvalue weighted by atomic mass is 10.2. The van der Waals surface area contributed by atoms with Gasteiger partial charge in [0.25, 0.3) is 0 Å². The van der Waals surface area contributed by atoms with Crippen LogP contribution in [-0.2, 0) is 6.54 Å². The first-order valence-electron chi connectivity index (χ1n) is 4.98. The van der Waals surface area contributed by atoms with E-state index < -0.39 is 0 Å². The molecule has 0 aliphatic rings. The van der Waals surface area contributed by atoms with Crippen molar-refractivity contribution in [3.8, 4) is 0 Å². The molecule has 2 aromatic rings. The number of H-pyrrole nitrogens is 1. The van der Waals surface area contributed by atoms with E-state index in [0.29, 0.717) is 0 Å². The molecule has 78 valence electrons. The monoisotopic (exact) mass is 202 g/mol. The second-order valence-corrected chi connectivity index (χ2v) is 3.43. The van der Waals surface area contributed by atoms with E-state index in [9.17, 15) is 0 Å². The molecule has 0 saturated heterocycles. The molecule has 2 N–H and O–H groups in total. The fraction of sp³-hybridized carbons (Fsp3) is 0.273. The summed E-state index contributed by atoms with van der Waals surface area (Å²) in [6.45, 7) is 2.87. The lowest BCUT2D eigenvalue weighted by molar-refractivity contribution is 0.556. The van der Waals surface area contributed by atoms with E-state index in [0.717, 1.165) is 17.9 Å². The highest BCUT2D eigenvalue weighted by molar-refractivity contribution is 5.08. The highest BCUT2D eigenvalue weighted by Crippen LogP contribution is 2.08. The van der Waals surface area contributed by atoms with Crippen LogP contribution in [0.25, 0.3) is 0 Å². The van der Waals surface area contributed by atoms with Gasteiger partial charge in [-0.2, -0.15) is 0 Å². The normalized spacial score (nSPS) is 12.6. The van der Waals surface area contributed by atoms with Gasteiger partial charge in [0.2, 0.25) is 0 Å². The van der Waals surface area contributed by atoms with E-state index in [2.05, 4.69) is 27.2 Å². The van der Waals surface area contributed by atoms with Gasteiger partial charge in [-0.15, -0.1) is 0 Å². The van der Waals surface area contributed by atoms with Gasteiger partial charge in [0.15, 0.2) is 0 Å². The number of nitrogens with zero attached hydrogens (tertiary/aromatic N) is 2. The Labute approximate surface area is 88.8 Å². The topological polar surface area (TPSA) is 53.6 Å². The van der Waals surface area contributed by atoms with Crippen LogP contribution in [0.5, 0.6) is 0 Å². The molecule has 4 heteroatoms. The van der Waals surface area contributed by atoms with E-state index >= 15 is 0 Å². The Morgan fingerprint density at radius 2 is 2.40 bits per heavy atom. The second kappa shape index (κ2) is 4.70. The molecule has 0 fully saturated rings. The van der Waals surface area contributed by atoms with Crippen molar-refractivity contribution in [2.75, 3.05) is 0 Å². The third-order valence-corrected chi connectivity index (χ3v) is 2.28. The molecule has 0 aliphatic heterocycles. The largest absolute Gasteiger partial charge is 0.347 e. The van der Waals surface area contributed by atoms with E-state index in [1.54, 1.807) is 6.33 Å². The van der Waals surface area contributed by atoms with Crippen molar-refractivity contribution in [1.82, 2.24) is 20.3 Å². The Hall–Kier alpha value is -1.68. The van der Waals surface area contributed by atoms with Gasteiger partial charge in [-0.1, -0.05) is 6.07 Å². The standard InChI is InChI=1S/C11H14N4/c1-9(11-4-2-3-5-13-11)14-7-10-6-12-8-15-10/h2-6,8-9,14H,7H2,1H3,(H,12,15). The van der Waals surface area contributed by atoms with Crippen molar-refractivity contribution in [2.24, 2.45) is 0 Å². The fourth-order valence-electron chi connectivity index (χ4n) is 1.38. The number of imidazole rings is 1. The molecule has 2 rings (SSSR count). The smallest absolute Gasteiger partial charge is 0.0922 e. The molecule has 0 spiro atoms. The number of aromatic amines is 1. The Balaban J connectivity index is 1.90. The van der Waals surface area contributed by atoms with Crippen LogP contribution >= 0.6 is 0 Å². The molecule has 4 nitrogen and oxygen atoms in total. The first-order chi connectivity index (χ1) is 7.36. The Bertz CT molecular complexity index is 382. The minimum absolute atomic E-state index is 0.245. The minimum atomic E-state index is 0.245. The second-order valence-electron chi connectivity index (χ2n) is 3.43. The molecule has 0 amide bonds. The maximum absolute atomic E-state index is 4.29. The molecule has 2 aromatic heterocycles. The number of nitrogens with one attached hydrogen (secondary N) is 2. The van der Waals surface area contributed by atoms with E-state index in [1.165, 1.54) is 0 Å². The lowest BCUT2D eigenvalue weighted by Crippen LogP contribution is -2.19. The van der Waals surface area contributed by atoms with Crippen molar-refractivity contribution in [3.05, 3.63) is 48.3 Å². The summed E-state index contributed by atoms with van der Waals surface area (Å²) < 4.78 is 0. The van der Waals surface area contributed by atoms with Crippen LogP contribution in [-0.4, -0.2) is 15.0 Å². The predicted octanol–water partition coefficient (Wildman–Crippen LogP) is 1.66. The van der Waals surface area contributed by atoms with Gasteiger partial charge >= 0.3 is 0 Å². The van der Waals surface area contributed by atoms with Gasteiger partial charge < -0.3 is 10.3 Å². The SMILES string of the molecule is CC(NCc1cnc[nH]1)c1ccccn1.